The van der Waals surface area contributed by atoms with Crippen LogP contribution in [0.4, 0.5) is 5.69 Å². The molecule has 0 saturated heterocycles. The van der Waals surface area contributed by atoms with Crippen molar-refractivity contribution in [1.29, 1.82) is 0 Å². The summed E-state index contributed by atoms with van der Waals surface area (Å²) in [5.41, 5.74) is 0.708. The minimum Gasteiger partial charge on any atom is -0.481 e. The average Bonchev–Trinajstić information content (AvgIpc) is 2.33. The first-order chi connectivity index (χ1) is 8.82. The summed E-state index contributed by atoms with van der Waals surface area (Å²) in [4.78, 5) is 10.8. The van der Waals surface area contributed by atoms with Gasteiger partial charge in [-0.15, -0.1) is 0 Å². The van der Waals surface area contributed by atoms with Crippen LogP contribution in [0.25, 0.3) is 0 Å². The Kier molecular flexibility index (Phi) is 5.31. The van der Waals surface area contributed by atoms with Gasteiger partial charge in [0.05, 0.1) is 17.4 Å². The lowest BCUT2D eigenvalue weighted by Gasteiger charge is -2.14. The van der Waals surface area contributed by atoms with Gasteiger partial charge in [0.15, 0.2) is 9.84 Å². The molecule has 0 amide bonds. The zero-order valence-corrected chi connectivity index (χ0v) is 11.6. The number of carboxylic acid groups (broad SMARTS) is 1. The fraction of sp³-hybridized carbons (Fsp3) is 0.417. The molecule has 6 nitrogen and oxygen atoms in total. The zero-order chi connectivity index (χ0) is 14.5. The van der Waals surface area contributed by atoms with E-state index in [0.717, 1.165) is 6.26 Å². The summed E-state index contributed by atoms with van der Waals surface area (Å²) in [5.74, 6) is -0.930. The van der Waals surface area contributed by atoms with E-state index in [1.807, 2.05) is 0 Å². The van der Waals surface area contributed by atoms with Gasteiger partial charge in [-0.3, -0.25) is 4.79 Å². The van der Waals surface area contributed by atoms with E-state index in [-0.39, 0.29) is 11.3 Å². The average molecular weight is 287 g/mol. The second kappa shape index (κ2) is 6.53. The third kappa shape index (κ3) is 5.27. The molecule has 0 aliphatic heterocycles. The number of sulfone groups is 1. The molecule has 0 saturated carbocycles. The highest BCUT2D eigenvalue weighted by atomic mass is 32.2. The molecular weight excluding hydrogens is 270 g/mol. The number of aliphatic carboxylic acids is 1. The van der Waals surface area contributed by atoms with E-state index in [1.54, 1.807) is 12.1 Å². The van der Waals surface area contributed by atoms with E-state index in [9.17, 15) is 13.2 Å². The lowest BCUT2D eigenvalue weighted by Crippen LogP contribution is -2.24. The molecule has 0 fully saturated rings. The van der Waals surface area contributed by atoms with Crippen molar-refractivity contribution >= 4 is 21.5 Å². The molecule has 1 atom stereocenters. The van der Waals surface area contributed by atoms with Crippen LogP contribution in [-0.2, 0) is 19.4 Å². The van der Waals surface area contributed by atoms with E-state index >= 15 is 0 Å². The van der Waals surface area contributed by atoms with Gasteiger partial charge in [-0.25, -0.2) is 8.42 Å². The van der Waals surface area contributed by atoms with Crippen LogP contribution in [0.15, 0.2) is 29.2 Å². The van der Waals surface area contributed by atoms with Crippen LogP contribution in [0, 0.1) is 0 Å². The van der Waals surface area contributed by atoms with E-state index in [4.69, 9.17) is 9.84 Å². The normalized spacial score (nSPS) is 12.9. The topological polar surface area (TPSA) is 92.7 Å². The maximum atomic E-state index is 11.3. The van der Waals surface area contributed by atoms with Gasteiger partial charge in [0.2, 0.25) is 0 Å². The SMILES string of the molecule is COC(CNc1ccc(S(C)(=O)=O)cc1)CC(=O)O. The summed E-state index contributed by atoms with van der Waals surface area (Å²) < 4.78 is 27.6. The number of ether oxygens (including phenoxy) is 1. The molecular formula is C12H17NO5S. The van der Waals surface area contributed by atoms with E-state index in [1.165, 1.54) is 19.2 Å². The first-order valence-corrected chi connectivity index (χ1v) is 7.50. The molecule has 106 valence electrons. The Labute approximate surface area is 112 Å². The van der Waals surface area contributed by atoms with Gasteiger partial charge in [0, 0.05) is 25.6 Å². The predicted molar refractivity (Wildman–Crippen MR) is 71.1 cm³/mol. The number of carboxylic acids is 1. The molecule has 0 aliphatic carbocycles. The standard InChI is InChI=1S/C12H17NO5S/c1-18-10(7-12(14)15)8-13-9-3-5-11(6-4-9)19(2,16)17/h3-6,10,13H,7-8H2,1-2H3,(H,14,15). The lowest BCUT2D eigenvalue weighted by molar-refractivity contribution is -0.139. The third-order valence-corrected chi connectivity index (χ3v) is 3.68. The Morgan fingerprint density at radius 3 is 2.37 bits per heavy atom. The van der Waals surface area contributed by atoms with Gasteiger partial charge < -0.3 is 15.2 Å². The van der Waals surface area contributed by atoms with Crippen molar-refractivity contribution in [1.82, 2.24) is 0 Å². The van der Waals surface area contributed by atoms with E-state index in [0.29, 0.717) is 12.2 Å². The first-order valence-electron chi connectivity index (χ1n) is 5.61. The van der Waals surface area contributed by atoms with Crippen molar-refractivity contribution in [3.05, 3.63) is 24.3 Å². The van der Waals surface area contributed by atoms with Crippen LogP contribution in [0.3, 0.4) is 0 Å². The number of hydrogen-bond donors (Lipinski definition) is 2. The summed E-state index contributed by atoms with van der Waals surface area (Å²) in [5, 5.41) is 11.7. The third-order valence-electron chi connectivity index (χ3n) is 2.55. The highest BCUT2D eigenvalue weighted by molar-refractivity contribution is 7.90. The number of hydrogen-bond acceptors (Lipinski definition) is 5. The lowest BCUT2D eigenvalue weighted by atomic mass is 10.2. The van der Waals surface area contributed by atoms with Crippen LogP contribution in [-0.4, -0.2) is 45.5 Å². The molecule has 0 heterocycles. The first kappa shape index (κ1) is 15.5. The van der Waals surface area contributed by atoms with Crippen LogP contribution in [0.5, 0.6) is 0 Å². The Balaban J connectivity index is 2.61. The van der Waals surface area contributed by atoms with Crippen LogP contribution >= 0.6 is 0 Å². The van der Waals surface area contributed by atoms with Gasteiger partial charge in [0.25, 0.3) is 0 Å². The zero-order valence-electron chi connectivity index (χ0n) is 10.8. The molecule has 0 radical (unpaired) electrons. The molecule has 1 rings (SSSR count). The summed E-state index contributed by atoms with van der Waals surface area (Å²) in [6.45, 7) is 0.334. The number of carbonyl (C=O) groups is 1. The number of anilines is 1. The second-order valence-electron chi connectivity index (χ2n) is 4.13. The predicted octanol–water partition coefficient (Wildman–Crippen LogP) is 0.992. The maximum Gasteiger partial charge on any atom is 0.306 e. The number of benzene rings is 1. The van der Waals surface area contributed by atoms with Crippen molar-refractivity contribution in [3.8, 4) is 0 Å². The van der Waals surface area contributed by atoms with Crippen LogP contribution in [0.1, 0.15) is 6.42 Å². The molecule has 0 spiro atoms. The largest absolute Gasteiger partial charge is 0.481 e. The molecule has 1 unspecified atom stereocenters. The molecule has 1 aromatic carbocycles. The fourth-order valence-corrected chi connectivity index (χ4v) is 2.12. The fourth-order valence-electron chi connectivity index (χ4n) is 1.49. The monoisotopic (exact) mass is 287 g/mol. The Morgan fingerprint density at radius 1 is 1.37 bits per heavy atom. The highest BCUT2D eigenvalue weighted by Crippen LogP contribution is 2.14. The molecule has 0 aromatic heterocycles. The minimum absolute atomic E-state index is 0.0923. The van der Waals surface area contributed by atoms with Gasteiger partial charge >= 0.3 is 5.97 Å². The molecule has 7 heteroatoms. The molecule has 2 N–H and O–H groups in total. The van der Waals surface area contributed by atoms with Crippen molar-refractivity contribution < 1.29 is 23.1 Å². The highest BCUT2D eigenvalue weighted by Gasteiger charge is 2.12. The van der Waals surface area contributed by atoms with Crippen molar-refractivity contribution in [2.45, 2.75) is 17.4 Å². The Hall–Kier alpha value is -1.60. The van der Waals surface area contributed by atoms with Gasteiger partial charge in [-0.05, 0) is 24.3 Å². The van der Waals surface area contributed by atoms with Gasteiger partial charge in [-0.1, -0.05) is 0 Å². The number of methoxy groups -OCH3 is 1. The number of nitrogens with one attached hydrogen (secondary N) is 1. The van der Waals surface area contributed by atoms with Crippen LogP contribution < -0.4 is 5.32 Å². The summed E-state index contributed by atoms with van der Waals surface area (Å²) in [7, 11) is -1.76. The molecule has 0 aliphatic rings. The molecule has 0 bridgehead atoms. The van der Waals surface area contributed by atoms with Crippen LogP contribution in [0.2, 0.25) is 0 Å². The van der Waals surface area contributed by atoms with Gasteiger partial charge in [-0.2, -0.15) is 0 Å². The van der Waals surface area contributed by atoms with Crippen molar-refractivity contribution in [3.63, 3.8) is 0 Å². The molecule has 19 heavy (non-hydrogen) atoms. The Bertz CT molecular complexity index is 524. The summed E-state index contributed by atoms with van der Waals surface area (Å²) in [6, 6.07) is 6.25. The van der Waals surface area contributed by atoms with E-state index < -0.39 is 21.9 Å². The smallest absolute Gasteiger partial charge is 0.306 e. The number of rotatable bonds is 7. The maximum absolute atomic E-state index is 11.3. The van der Waals surface area contributed by atoms with Crippen molar-refractivity contribution in [2.75, 3.05) is 25.2 Å². The summed E-state index contributed by atoms with van der Waals surface area (Å²) >= 11 is 0. The minimum atomic E-state index is -3.20. The Morgan fingerprint density at radius 2 is 1.95 bits per heavy atom. The summed E-state index contributed by atoms with van der Waals surface area (Å²) in [6.07, 6.45) is 0.612. The van der Waals surface area contributed by atoms with E-state index in [2.05, 4.69) is 5.32 Å². The van der Waals surface area contributed by atoms with Gasteiger partial charge in [0.1, 0.15) is 0 Å². The quantitative estimate of drug-likeness (QED) is 0.777. The second-order valence-corrected chi connectivity index (χ2v) is 6.15. The van der Waals surface area contributed by atoms with Crippen molar-refractivity contribution in [2.24, 2.45) is 0 Å². The molecule has 1 aromatic rings.